The summed E-state index contributed by atoms with van der Waals surface area (Å²) in [6, 6.07) is 9.48. The smallest absolute Gasteiger partial charge is 0.243 e. The number of halogens is 2. The third-order valence-electron chi connectivity index (χ3n) is 7.19. The highest BCUT2D eigenvalue weighted by molar-refractivity contribution is 7.92. The average Bonchev–Trinajstić information content (AvgIpc) is 2.92. The lowest BCUT2D eigenvalue weighted by Gasteiger charge is -2.33. The SMILES string of the molecule is CC[C@H](C(=O)NC1CCCCC1)N(Cc1ccc(OC)cc1)C(=O)CCCN(c1ccc(F)c(F)c1)S(C)(=O)=O. The highest BCUT2D eigenvalue weighted by Crippen LogP contribution is 2.23. The Hall–Kier alpha value is -3.21. The van der Waals surface area contributed by atoms with Crippen LogP contribution in [-0.2, 0) is 26.2 Å². The van der Waals surface area contributed by atoms with Crippen LogP contribution in [0.25, 0.3) is 0 Å². The van der Waals surface area contributed by atoms with Crippen molar-refractivity contribution in [3.63, 3.8) is 0 Å². The maximum absolute atomic E-state index is 13.8. The quantitative estimate of drug-likeness (QED) is 0.369. The largest absolute Gasteiger partial charge is 0.497 e. The molecular formula is C29H39F2N3O5S. The van der Waals surface area contributed by atoms with Gasteiger partial charge in [-0.3, -0.25) is 13.9 Å². The van der Waals surface area contributed by atoms with Crippen LogP contribution in [0.3, 0.4) is 0 Å². The molecule has 40 heavy (non-hydrogen) atoms. The van der Waals surface area contributed by atoms with Gasteiger partial charge in [0.2, 0.25) is 21.8 Å². The van der Waals surface area contributed by atoms with Crippen LogP contribution in [0, 0.1) is 11.6 Å². The van der Waals surface area contributed by atoms with E-state index in [0.29, 0.717) is 12.2 Å². The molecule has 0 unspecified atom stereocenters. The average molecular weight is 580 g/mol. The Morgan fingerprint density at radius 3 is 2.30 bits per heavy atom. The molecule has 1 aliphatic carbocycles. The molecule has 3 rings (SSSR count). The second-order valence-corrected chi connectivity index (χ2v) is 12.1. The number of carbonyl (C=O) groups excluding carboxylic acids is 2. The summed E-state index contributed by atoms with van der Waals surface area (Å²) in [5.41, 5.74) is 0.792. The second-order valence-electron chi connectivity index (χ2n) is 10.2. The zero-order valence-corrected chi connectivity index (χ0v) is 24.2. The van der Waals surface area contributed by atoms with E-state index in [1.54, 1.807) is 24.1 Å². The first kappa shape index (κ1) is 31.3. The minimum Gasteiger partial charge on any atom is -0.497 e. The van der Waals surface area contributed by atoms with Gasteiger partial charge in [0.1, 0.15) is 11.8 Å². The number of methoxy groups -OCH3 is 1. The fourth-order valence-electron chi connectivity index (χ4n) is 5.04. The van der Waals surface area contributed by atoms with Crippen molar-refractivity contribution in [2.24, 2.45) is 0 Å². The molecule has 11 heteroatoms. The van der Waals surface area contributed by atoms with Gasteiger partial charge in [-0.15, -0.1) is 0 Å². The third kappa shape index (κ3) is 8.64. The number of hydrogen-bond donors (Lipinski definition) is 1. The molecule has 2 amide bonds. The van der Waals surface area contributed by atoms with E-state index in [2.05, 4.69) is 5.32 Å². The summed E-state index contributed by atoms with van der Waals surface area (Å²) in [4.78, 5) is 28.5. The number of anilines is 1. The van der Waals surface area contributed by atoms with Crippen LogP contribution in [0.2, 0.25) is 0 Å². The maximum atomic E-state index is 13.8. The van der Waals surface area contributed by atoms with E-state index >= 15 is 0 Å². The van der Waals surface area contributed by atoms with E-state index in [9.17, 15) is 26.8 Å². The van der Waals surface area contributed by atoms with Crippen LogP contribution < -0.4 is 14.4 Å². The summed E-state index contributed by atoms with van der Waals surface area (Å²) >= 11 is 0. The van der Waals surface area contributed by atoms with Gasteiger partial charge < -0.3 is 15.0 Å². The zero-order chi connectivity index (χ0) is 29.3. The van der Waals surface area contributed by atoms with Gasteiger partial charge >= 0.3 is 0 Å². The minimum atomic E-state index is -3.83. The van der Waals surface area contributed by atoms with Gasteiger partial charge in [-0.1, -0.05) is 38.3 Å². The molecule has 1 fully saturated rings. The first-order valence-corrected chi connectivity index (χ1v) is 15.5. The van der Waals surface area contributed by atoms with Crippen molar-refractivity contribution in [1.29, 1.82) is 0 Å². The van der Waals surface area contributed by atoms with Gasteiger partial charge in [0.15, 0.2) is 11.6 Å². The number of nitrogens with one attached hydrogen (secondary N) is 1. The van der Waals surface area contributed by atoms with E-state index in [0.717, 1.165) is 60.4 Å². The van der Waals surface area contributed by atoms with Crippen LogP contribution in [-0.4, -0.2) is 57.1 Å². The van der Waals surface area contributed by atoms with Crippen molar-refractivity contribution in [3.05, 3.63) is 59.7 Å². The van der Waals surface area contributed by atoms with Gasteiger partial charge in [-0.05, 0) is 55.5 Å². The predicted octanol–water partition coefficient (Wildman–Crippen LogP) is 4.78. The monoisotopic (exact) mass is 579 g/mol. The molecule has 0 heterocycles. The fourth-order valence-corrected chi connectivity index (χ4v) is 5.99. The molecule has 0 aliphatic heterocycles. The van der Waals surface area contributed by atoms with Crippen molar-refractivity contribution in [1.82, 2.24) is 10.2 Å². The number of benzene rings is 2. The van der Waals surface area contributed by atoms with Crippen LogP contribution in [0.4, 0.5) is 14.5 Å². The van der Waals surface area contributed by atoms with Crippen molar-refractivity contribution in [3.8, 4) is 5.75 Å². The lowest BCUT2D eigenvalue weighted by atomic mass is 9.95. The third-order valence-corrected chi connectivity index (χ3v) is 8.39. The fraction of sp³-hybridized carbons (Fsp3) is 0.517. The van der Waals surface area contributed by atoms with Crippen LogP contribution in [0.1, 0.15) is 63.9 Å². The van der Waals surface area contributed by atoms with E-state index in [1.165, 1.54) is 6.07 Å². The van der Waals surface area contributed by atoms with Crippen LogP contribution in [0.15, 0.2) is 42.5 Å². The summed E-state index contributed by atoms with van der Waals surface area (Å²) in [5.74, 6) is -2.08. The highest BCUT2D eigenvalue weighted by Gasteiger charge is 2.30. The summed E-state index contributed by atoms with van der Waals surface area (Å²) in [6.45, 7) is 1.93. The first-order chi connectivity index (χ1) is 19.0. The number of amides is 2. The maximum Gasteiger partial charge on any atom is 0.243 e. The molecule has 1 N–H and O–H groups in total. The molecule has 2 aromatic rings. The van der Waals surface area contributed by atoms with Gasteiger partial charge in [0, 0.05) is 31.6 Å². The van der Waals surface area contributed by atoms with Crippen molar-refractivity contribution in [2.75, 3.05) is 24.2 Å². The lowest BCUT2D eigenvalue weighted by molar-refractivity contribution is -0.141. The van der Waals surface area contributed by atoms with Gasteiger partial charge in [-0.2, -0.15) is 0 Å². The van der Waals surface area contributed by atoms with E-state index in [-0.39, 0.29) is 49.5 Å². The molecular weight excluding hydrogens is 540 g/mol. The molecule has 2 aromatic carbocycles. The number of ether oxygens (including phenoxy) is 1. The van der Waals surface area contributed by atoms with E-state index in [4.69, 9.17) is 4.74 Å². The number of hydrogen-bond acceptors (Lipinski definition) is 5. The molecule has 8 nitrogen and oxygen atoms in total. The molecule has 1 aliphatic rings. The molecule has 1 saturated carbocycles. The van der Waals surface area contributed by atoms with Crippen LogP contribution >= 0.6 is 0 Å². The molecule has 0 radical (unpaired) electrons. The van der Waals surface area contributed by atoms with Gasteiger partial charge in [-0.25, -0.2) is 17.2 Å². The van der Waals surface area contributed by atoms with E-state index < -0.39 is 27.7 Å². The first-order valence-electron chi connectivity index (χ1n) is 13.7. The molecule has 0 bridgehead atoms. The molecule has 220 valence electrons. The summed E-state index contributed by atoms with van der Waals surface area (Å²) < 4.78 is 58.2. The lowest BCUT2D eigenvalue weighted by Crippen LogP contribution is -2.51. The Morgan fingerprint density at radius 2 is 1.73 bits per heavy atom. The Bertz CT molecular complexity index is 1250. The number of nitrogens with zero attached hydrogens (tertiary/aromatic N) is 2. The zero-order valence-electron chi connectivity index (χ0n) is 23.4. The topological polar surface area (TPSA) is 96.0 Å². The summed E-state index contributed by atoms with van der Waals surface area (Å²) in [7, 11) is -2.27. The number of sulfonamides is 1. The summed E-state index contributed by atoms with van der Waals surface area (Å²) in [6.07, 6.45) is 6.56. The van der Waals surface area contributed by atoms with Gasteiger partial charge in [0.25, 0.3) is 0 Å². The van der Waals surface area contributed by atoms with E-state index in [1.807, 2.05) is 19.1 Å². The van der Waals surface area contributed by atoms with Crippen molar-refractivity contribution < 1.29 is 31.5 Å². The number of carbonyl (C=O) groups is 2. The summed E-state index contributed by atoms with van der Waals surface area (Å²) in [5, 5.41) is 3.13. The minimum absolute atomic E-state index is 0.0257. The molecule has 0 saturated heterocycles. The highest BCUT2D eigenvalue weighted by atomic mass is 32.2. The normalized spacial score (nSPS) is 14.8. The van der Waals surface area contributed by atoms with Gasteiger partial charge in [0.05, 0.1) is 19.1 Å². The van der Waals surface area contributed by atoms with Crippen molar-refractivity contribution >= 4 is 27.5 Å². The van der Waals surface area contributed by atoms with Crippen molar-refractivity contribution in [2.45, 2.75) is 76.9 Å². The Kier molecular flexibility index (Phi) is 11.3. The molecule has 1 atom stereocenters. The Labute approximate surface area is 235 Å². The predicted molar refractivity (Wildman–Crippen MR) is 150 cm³/mol. The number of rotatable bonds is 13. The standard InChI is InChI=1S/C29H39F2N3O5S/c1-4-27(29(36)32-22-9-6-5-7-10-22)33(20-21-12-15-24(39-2)16-13-21)28(35)11-8-18-34(40(3,37)38)23-14-17-25(30)26(31)19-23/h12-17,19,22,27H,4-11,18,20H2,1-3H3,(H,32,36)/t27-/m1/s1. The Morgan fingerprint density at radius 1 is 1.05 bits per heavy atom. The molecule has 0 spiro atoms. The van der Waals surface area contributed by atoms with Crippen LogP contribution in [0.5, 0.6) is 5.75 Å². The Balaban J connectivity index is 1.77. The molecule has 0 aromatic heterocycles. The second kappa shape index (κ2) is 14.4.